The quantitative estimate of drug-likeness (QED) is 0.756. The van der Waals surface area contributed by atoms with Gasteiger partial charge in [-0.1, -0.05) is 11.6 Å². The topological polar surface area (TPSA) is 71.0 Å². The highest BCUT2D eigenvalue weighted by Crippen LogP contribution is 2.34. The van der Waals surface area contributed by atoms with Crippen molar-refractivity contribution >= 4 is 41.5 Å². The van der Waals surface area contributed by atoms with Crippen molar-refractivity contribution in [1.82, 2.24) is 4.98 Å². The molecule has 1 saturated carbocycles. The molecule has 0 unspecified atom stereocenters. The van der Waals surface area contributed by atoms with Crippen molar-refractivity contribution in [3.8, 4) is 0 Å². The maximum Gasteiger partial charge on any atom is 0.0895 e. The van der Waals surface area contributed by atoms with Gasteiger partial charge in [-0.3, -0.25) is 0 Å². The third-order valence-corrected chi connectivity index (χ3v) is 6.53. The maximum atomic E-state index is 6.34. The Hall–Kier alpha value is -1.34. The van der Waals surface area contributed by atoms with E-state index in [-0.39, 0.29) is 12.4 Å². The fourth-order valence-corrected chi connectivity index (χ4v) is 4.96. The van der Waals surface area contributed by atoms with Crippen LogP contribution in [0.15, 0.2) is 21.3 Å². The van der Waals surface area contributed by atoms with Gasteiger partial charge in [-0.05, 0) is 50.7 Å². The van der Waals surface area contributed by atoms with Crippen LogP contribution in [0.4, 0.5) is 5.69 Å². The van der Waals surface area contributed by atoms with Crippen LogP contribution in [0.1, 0.15) is 44.1 Å². The zero-order valence-electron chi connectivity index (χ0n) is 16.5. The van der Waals surface area contributed by atoms with Crippen LogP contribution in [-0.4, -0.2) is 37.0 Å². The fraction of sp³-hybridized carbons (Fsp3) is 0.619. The molecule has 0 aromatic carbocycles. The number of anilines is 1. The molecular weight excluding hydrogens is 411 g/mol. The molecule has 0 bridgehead atoms. The van der Waals surface area contributed by atoms with Crippen molar-refractivity contribution in [3.05, 3.63) is 27.4 Å². The molecular formula is C21H28Cl2N4O2. The third kappa shape index (κ3) is 4.41. The Morgan fingerprint density at radius 1 is 1.07 bits per heavy atom. The predicted molar refractivity (Wildman–Crippen MR) is 117 cm³/mol. The minimum absolute atomic E-state index is 0. The summed E-state index contributed by atoms with van der Waals surface area (Å²) >= 11 is 6.26. The molecule has 0 amide bonds. The molecule has 5 rings (SSSR count). The number of H-pyrrole nitrogens is 1. The van der Waals surface area contributed by atoms with E-state index in [0.717, 1.165) is 85.4 Å². The second-order valence-corrected chi connectivity index (χ2v) is 8.52. The van der Waals surface area contributed by atoms with Crippen LogP contribution in [0.25, 0.3) is 11.8 Å². The second-order valence-electron chi connectivity index (χ2n) is 8.09. The Balaban J connectivity index is 0.00000205. The average Bonchev–Trinajstić information content (AvgIpc) is 2.95. The molecule has 158 valence electrons. The van der Waals surface area contributed by atoms with Gasteiger partial charge >= 0.3 is 0 Å². The predicted octanol–water partition coefficient (Wildman–Crippen LogP) is 3.59. The lowest BCUT2D eigenvalue weighted by Crippen LogP contribution is -2.32. The molecule has 1 aromatic heterocycles. The number of hydrogen-bond donors (Lipinski definition) is 2. The van der Waals surface area contributed by atoms with Crippen molar-refractivity contribution in [2.75, 3.05) is 25.1 Å². The van der Waals surface area contributed by atoms with Gasteiger partial charge in [-0.25, -0.2) is 0 Å². The van der Waals surface area contributed by atoms with Crippen molar-refractivity contribution in [2.24, 2.45) is 16.1 Å². The van der Waals surface area contributed by atoms with Crippen molar-refractivity contribution in [3.63, 3.8) is 0 Å². The van der Waals surface area contributed by atoms with Crippen LogP contribution in [0.2, 0.25) is 0 Å². The molecule has 0 atom stereocenters. The Bertz CT molecular complexity index is 910. The first-order valence-electron chi connectivity index (χ1n) is 10.4. The molecule has 4 heterocycles. The van der Waals surface area contributed by atoms with Crippen LogP contribution >= 0.6 is 24.0 Å². The van der Waals surface area contributed by atoms with Gasteiger partial charge in [0.2, 0.25) is 0 Å². The Morgan fingerprint density at radius 2 is 1.83 bits per heavy atom. The van der Waals surface area contributed by atoms with E-state index in [1.54, 1.807) is 0 Å². The summed E-state index contributed by atoms with van der Waals surface area (Å²) in [4.78, 5) is 3.57. The number of halogens is 2. The van der Waals surface area contributed by atoms with Gasteiger partial charge in [0.15, 0.2) is 0 Å². The Labute approximate surface area is 181 Å². The molecule has 6 nitrogen and oxygen atoms in total. The van der Waals surface area contributed by atoms with Crippen LogP contribution in [0.3, 0.4) is 0 Å². The average molecular weight is 439 g/mol. The second kappa shape index (κ2) is 9.21. The number of nitrogens with one attached hydrogen (secondary N) is 2. The van der Waals surface area contributed by atoms with Crippen molar-refractivity contribution < 1.29 is 9.47 Å². The summed E-state index contributed by atoms with van der Waals surface area (Å²) in [7, 11) is 0. The number of fused-ring (bicyclic) bond motifs is 3. The number of allylic oxidation sites excluding steroid dienone is 1. The van der Waals surface area contributed by atoms with E-state index in [1.807, 2.05) is 12.2 Å². The summed E-state index contributed by atoms with van der Waals surface area (Å²) in [5.41, 5.74) is 3.44. The largest absolute Gasteiger partial charge is 0.381 e. The molecule has 29 heavy (non-hydrogen) atoms. The number of azo groups is 1. The zero-order chi connectivity index (χ0) is 18.9. The fourth-order valence-electron chi connectivity index (χ4n) is 4.77. The zero-order valence-corrected chi connectivity index (χ0v) is 18.0. The highest BCUT2D eigenvalue weighted by Gasteiger charge is 2.29. The number of hydrogen-bond acceptors (Lipinski definition) is 5. The van der Waals surface area contributed by atoms with Crippen LogP contribution in [0.5, 0.6) is 0 Å². The molecule has 2 fully saturated rings. The third-order valence-electron chi connectivity index (χ3n) is 6.27. The molecule has 8 heteroatoms. The Kier molecular flexibility index (Phi) is 6.64. The number of aromatic amines is 1. The van der Waals surface area contributed by atoms with Crippen molar-refractivity contribution in [2.45, 2.75) is 57.3 Å². The lowest BCUT2D eigenvalue weighted by Gasteiger charge is -2.33. The van der Waals surface area contributed by atoms with Gasteiger partial charge in [-0.15, -0.1) is 12.4 Å². The van der Waals surface area contributed by atoms with E-state index in [2.05, 4.69) is 20.5 Å². The number of rotatable bonds is 3. The normalized spacial score (nSPS) is 26.9. The maximum absolute atomic E-state index is 6.34. The highest BCUT2D eigenvalue weighted by molar-refractivity contribution is 6.34. The molecule has 3 aliphatic heterocycles. The van der Waals surface area contributed by atoms with Gasteiger partial charge in [0.05, 0.1) is 40.8 Å². The van der Waals surface area contributed by atoms with Crippen molar-refractivity contribution in [1.29, 1.82) is 0 Å². The van der Waals surface area contributed by atoms with Gasteiger partial charge in [0.1, 0.15) is 0 Å². The minimum Gasteiger partial charge on any atom is -0.381 e. The number of nitrogens with zero attached hydrogens (tertiary/aromatic N) is 2. The summed E-state index contributed by atoms with van der Waals surface area (Å²) < 4.78 is 11.8. The molecule has 0 radical (unpaired) electrons. The van der Waals surface area contributed by atoms with Crippen LogP contribution in [-0.2, 0) is 16.0 Å². The minimum atomic E-state index is 0. The molecule has 4 aliphatic rings. The van der Waals surface area contributed by atoms with E-state index in [9.17, 15) is 0 Å². The molecule has 1 saturated heterocycles. The monoisotopic (exact) mass is 438 g/mol. The molecule has 1 aliphatic carbocycles. The molecule has 1 aromatic rings. The first-order valence-corrected chi connectivity index (χ1v) is 10.8. The van der Waals surface area contributed by atoms with Gasteiger partial charge in [0, 0.05) is 36.3 Å². The number of aromatic nitrogens is 1. The van der Waals surface area contributed by atoms with Gasteiger partial charge in [-0.2, -0.15) is 10.2 Å². The SMILES string of the molecule is Cl.ClC1=CCNc2c3c([nH]c2=C1)=C([C@H]1CC[C@H](OC2CCOCC2)CC1)N=NC3. The van der Waals surface area contributed by atoms with Crippen LogP contribution in [0, 0.1) is 5.92 Å². The highest BCUT2D eigenvalue weighted by atomic mass is 35.5. The lowest BCUT2D eigenvalue weighted by atomic mass is 9.84. The summed E-state index contributed by atoms with van der Waals surface area (Å²) in [6.07, 6.45) is 11.2. The smallest absolute Gasteiger partial charge is 0.0895 e. The van der Waals surface area contributed by atoms with E-state index in [1.165, 1.54) is 5.56 Å². The van der Waals surface area contributed by atoms with E-state index < -0.39 is 0 Å². The summed E-state index contributed by atoms with van der Waals surface area (Å²) in [6, 6.07) is 0. The summed E-state index contributed by atoms with van der Waals surface area (Å²) in [5.74, 6) is 0.436. The van der Waals surface area contributed by atoms with E-state index in [4.69, 9.17) is 21.1 Å². The van der Waals surface area contributed by atoms with E-state index >= 15 is 0 Å². The lowest BCUT2D eigenvalue weighted by molar-refractivity contribution is -0.0801. The molecule has 0 spiro atoms. The first kappa shape index (κ1) is 20.9. The Morgan fingerprint density at radius 3 is 2.62 bits per heavy atom. The number of ether oxygens (including phenoxy) is 2. The summed E-state index contributed by atoms with van der Waals surface area (Å²) in [5, 5.41) is 15.4. The van der Waals surface area contributed by atoms with Gasteiger partial charge < -0.3 is 19.8 Å². The molecule has 2 N–H and O–H groups in total. The summed E-state index contributed by atoms with van der Waals surface area (Å²) in [6.45, 7) is 3.02. The van der Waals surface area contributed by atoms with E-state index in [0.29, 0.717) is 24.7 Å². The standard InChI is InChI=1S/C21H27ClN4O2.ClH/c22-14-5-8-23-20-17-12-24-26-19(21(17)25-18(20)11-14)13-1-3-15(4-2-13)28-16-6-9-27-10-7-16;/h5,11,13,15-16,23,25H,1-4,6-10,12H2;1H/t13-,15-;. The van der Waals surface area contributed by atoms with Crippen LogP contribution < -0.4 is 16.0 Å². The van der Waals surface area contributed by atoms with Gasteiger partial charge in [0.25, 0.3) is 0 Å². The first-order chi connectivity index (χ1) is 13.8.